The van der Waals surface area contributed by atoms with Gasteiger partial charge in [-0.05, 0) is 49.7 Å². The Hall–Kier alpha value is -3.18. The first kappa shape index (κ1) is 17.9. The number of fused-ring (bicyclic) bond motifs is 5. The molecule has 0 atom stereocenters. The first-order valence-corrected chi connectivity index (χ1v) is 10.5. The van der Waals surface area contributed by atoms with Gasteiger partial charge in [-0.3, -0.25) is 9.20 Å². The van der Waals surface area contributed by atoms with Gasteiger partial charge in [0, 0.05) is 10.9 Å². The molecule has 29 heavy (non-hydrogen) atoms. The lowest BCUT2D eigenvalue weighted by Crippen LogP contribution is -2.07. The molecule has 3 aromatic carbocycles. The van der Waals surface area contributed by atoms with E-state index >= 15 is 0 Å². The Morgan fingerprint density at radius 2 is 1.69 bits per heavy atom. The third kappa shape index (κ3) is 3.08. The quantitative estimate of drug-likeness (QED) is 0.224. The molecule has 0 fully saturated rings. The number of carbonyl (C=O) groups is 1. The number of Topliss-reactive ketones (excluding diaryl/α,β-unsaturated/α-hetero) is 1. The van der Waals surface area contributed by atoms with E-state index in [0.717, 1.165) is 49.4 Å². The maximum absolute atomic E-state index is 12.9. The molecule has 0 saturated heterocycles. The summed E-state index contributed by atoms with van der Waals surface area (Å²) in [5.74, 6) is 0.445. The SMILES string of the molecule is Cc1ccc(C)c(C(=O)CSc2nc3ccccc3c3nc4ccccc4n23)c1. The predicted octanol–water partition coefficient (Wildman–Crippen LogP) is 5.63. The summed E-state index contributed by atoms with van der Waals surface area (Å²) in [5, 5.41) is 1.79. The van der Waals surface area contributed by atoms with Gasteiger partial charge in [-0.2, -0.15) is 0 Å². The number of carbonyl (C=O) groups excluding carboxylic acids is 1. The molecule has 0 radical (unpaired) electrons. The van der Waals surface area contributed by atoms with Crippen LogP contribution in [-0.2, 0) is 0 Å². The van der Waals surface area contributed by atoms with Crippen LogP contribution in [0.15, 0.2) is 71.9 Å². The second kappa shape index (κ2) is 7.01. The highest BCUT2D eigenvalue weighted by molar-refractivity contribution is 7.99. The minimum Gasteiger partial charge on any atom is -0.293 e. The molecule has 0 amide bonds. The van der Waals surface area contributed by atoms with Gasteiger partial charge in [0.15, 0.2) is 10.9 Å². The second-order valence-corrected chi connectivity index (χ2v) is 8.14. The lowest BCUT2D eigenvalue weighted by Gasteiger charge is -2.09. The van der Waals surface area contributed by atoms with E-state index in [1.165, 1.54) is 11.8 Å². The average Bonchev–Trinajstić information content (AvgIpc) is 3.13. The smallest absolute Gasteiger partial charge is 0.175 e. The van der Waals surface area contributed by atoms with E-state index in [1.54, 1.807) is 0 Å². The average molecular weight is 398 g/mol. The van der Waals surface area contributed by atoms with Gasteiger partial charge in [-0.25, -0.2) is 9.97 Å². The fourth-order valence-corrected chi connectivity index (χ4v) is 4.55. The highest BCUT2D eigenvalue weighted by Gasteiger charge is 2.16. The molecule has 0 spiro atoms. The first-order valence-electron chi connectivity index (χ1n) is 9.51. The van der Waals surface area contributed by atoms with Crippen LogP contribution in [0.2, 0.25) is 0 Å². The number of para-hydroxylation sites is 3. The molecule has 2 heterocycles. The molecular formula is C24H19N3OS. The number of ketones is 1. The van der Waals surface area contributed by atoms with Crippen molar-refractivity contribution < 1.29 is 4.79 Å². The Morgan fingerprint density at radius 1 is 0.931 bits per heavy atom. The molecule has 5 heteroatoms. The van der Waals surface area contributed by atoms with Crippen LogP contribution in [0.5, 0.6) is 0 Å². The van der Waals surface area contributed by atoms with Crippen LogP contribution < -0.4 is 0 Å². The summed E-state index contributed by atoms with van der Waals surface area (Å²) in [6.07, 6.45) is 0. The van der Waals surface area contributed by atoms with Crippen molar-refractivity contribution in [3.63, 3.8) is 0 Å². The lowest BCUT2D eigenvalue weighted by molar-refractivity contribution is 0.102. The molecule has 142 valence electrons. The van der Waals surface area contributed by atoms with Crippen LogP contribution in [-0.4, -0.2) is 25.9 Å². The Labute approximate surface area is 172 Å². The van der Waals surface area contributed by atoms with Crippen molar-refractivity contribution in [1.29, 1.82) is 0 Å². The minimum atomic E-state index is 0.115. The van der Waals surface area contributed by atoms with E-state index < -0.39 is 0 Å². The van der Waals surface area contributed by atoms with E-state index in [4.69, 9.17) is 9.97 Å². The molecular weight excluding hydrogens is 378 g/mol. The highest BCUT2D eigenvalue weighted by Crippen LogP contribution is 2.29. The second-order valence-electron chi connectivity index (χ2n) is 7.20. The standard InChI is InChI=1S/C24H19N3OS/c1-15-11-12-16(2)18(13-15)22(28)14-29-24-26-19-8-4-3-7-17(19)23-25-20-9-5-6-10-21(20)27(23)24/h3-13H,14H2,1-2H3. The summed E-state index contributed by atoms with van der Waals surface area (Å²) < 4.78 is 2.07. The molecule has 0 aliphatic rings. The van der Waals surface area contributed by atoms with Crippen LogP contribution in [0.4, 0.5) is 0 Å². The maximum Gasteiger partial charge on any atom is 0.175 e. The normalized spacial score (nSPS) is 11.5. The van der Waals surface area contributed by atoms with Crippen LogP contribution in [0, 0.1) is 13.8 Å². The number of benzene rings is 3. The third-order valence-electron chi connectivity index (χ3n) is 5.14. The first-order chi connectivity index (χ1) is 14.1. The number of hydrogen-bond acceptors (Lipinski definition) is 4. The Kier molecular flexibility index (Phi) is 4.32. The van der Waals surface area contributed by atoms with Crippen LogP contribution >= 0.6 is 11.8 Å². The number of aromatic nitrogens is 3. The van der Waals surface area contributed by atoms with Crippen molar-refractivity contribution in [1.82, 2.24) is 14.4 Å². The van der Waals surface area contributed by atoms with Crippen molar-refractivity contribution >= 4 is 45.1 Å². The summed E-state index contributed by atoms with van der Waals surface area (Å²) in [4.78, 5) is 22.6. The van der Waals surface area contributed by atoms with Gasteiger partial charge in [-0.1, -0.05) is 53.7 Å². The maximum atomic E-state index is 12.9. The van der Waals surface area contributed by atoms with Gasteiger partial charge in [0.05, 0.1) is 22.3 Å². The van der Waals surface area contributed by atoms with Crippen LogP contribution in [0.3, 0.4) is 0 Å². The molecule has 0 N–H and O–H groups in total. The molecule has 0 aliphatic heterocycles. The number of rotatable bonds is 4. The predicted molar refractivity (Wildman–Crippen MR) is 119 cm³/mol. The zero-order valence-electron chi connectivity index (χ0n) is 16.2. The van der Waals surface area contributed by atoms with E-state index in [1.807, 2.05) is 80.6 Å². The van der Waals surface area contributed by atoms with E-state index in [-0.39, 0.29) is 5.78 Å². The van der Waals surface area contributed by atoms with E-state index in [2.05, 4.69) is 4.40 Å². The Bertz CT molecular complexity index is 1400. The fraction of sp³-hybridized carbons (Fsp3) is 0.125. The number of imidazole rings is 1. The zero-order valence-corrected chi connectivity index (χ0v) is 17.0. The van der Waals surface area contributed by atoms with Crippen molar-refractivity contribution in [2.45, 2.75) is 19.0 Å². The topological polar surface area (TPSA) is 47.3 Å². The lowest BCUT2D eigenvalue weighted by atomic mass is 10.0. The molecule has 0 unspecified atom stereocenters. The zero-order chi connectivity index (χ0) is 20.0. The Balaban J connectivity index is 1.62. The molecule has 5 rings (SSSR count). The third-order valence-corrected chi connectivity index (χ3v) is 6.08. The summed E-state index contributed by atoms with van der Waals surface area (Å²) >= 11 is 1.46. The van der Waals surface area contributed by atoms with E-state index in [0.29, 0.717) is 5.75 Å². The molecule has 0 aliphatic carbocycles. The van der Waals surface area contributed by atoms with Crippen molar-refractivity contribution in [3.05, 3.63) is 83.4 Å². The minimum absolute atomic E-state index is 0.115. The van der Waals surface area contributed by atoms with Crippen molar-refractivity contribution in [2.75, 3.05) is 5.75 Å². The largest absolute Gasteiger partial charge is 0.293 e. The fourth-order valence-electron chi connectivity index (χ4n) is 3.65. The van der Waals surface area contributed by atoms with Crippen molar-refractivity contribution in [2.24, 2.45) is 0 Å². The van der Waals surface area contributed by atoms with Gasteiger partial charge in [0.2, 0.25) is 0 Å². The number of aryl methyl sites for hydroxylation is 2. The van der Waals surface area contributed by atoms with Crippen LogP contribution in [0.25, 0.3) is 27.6 Å². The number of hydrogen-bond donors (Lipinski definition) is 0. The van der Waals surface area contributed by atoms with Gasteiger partial charge in [0.25, 0.3) is 0 Å². The van der Waals surface area contributed by atoms with Gasteiger partial charge in [0.1, 0.15) is 5.65 Å². The van der Waals surface area contributed by atoms with Crippen LogP contribution in [0.1, 0.15) is 21.5 Å². The monoisotopic (exact) mass is 397 g/mol. The van der Waals surface area contributed by atoms with Gasteiger partial charge in [-0.15, -0.1) is 0 Å². The van der Waals surface area contributed by atoms with Gasteiger partial charge < -0.3 is 0 Å². The van der Waals surface area contributed by atoms with E-state index in [9.17, 15) is 4.79 Å². The summed E-state index contributed by atoms with van der Waals surface area (Å²) in [6.45, 7) is 3.99. The number of thioether (sulfide) groups is 1. The Morgan fingerprint density at radius 3 is 2.55 bits per heavy atom. The summed E-state index contributed by atoms with van der Waals surface area (Å²) in [6, 6.07) is 22.1. The molecule has 0 saturated carbocycles. The molecule has 4 nitrogen and oxygen atoms in total. The summed E-state index contributed by atoms with van der Waals surface area (Å²) in [7, 11) is 0. The van der Waals surface area contributed by atoms with Gasteiger partial charge >= 0.3 is 0 Å². The molecule has 0 bridgehead atoms. The molecule has 2 aromatic heterocycles. The highest BCUT2D eigenvalue weighted by atomic mass is 32.2. The van der Waals surface area contributed by atoms with Crippen molar-refractivity contribution in [3.8, 4) is 0 Å². The number of nitrogens with zero attached hydrogens (tertiary/aromatic N) is 3. The molecule has 5 aromatic rings. The summed E-state index contributed by atoms with van der Waals surface area (Å²) in [5.41, 5.74) is 6.57.